The van der Waals surface area contributed by atoms with Crippen LogP contribution < -0.4 is 0 Å². The number of likely N-dealkylation sites (tertiary alicyclic amines) is 1. The minimum atomic E-state index is -0.0888. The highest BCUT2D eigenvalue weighted by Crippen LogP contribution is 2.25. The van der Waals surface area contributed by atoms with E-state index in [-0.39, 0.29) is 12.2 Å². The molecular formula is C10H17NO2. The topological polar surface area (TPSA) is 29.5 Å². The predicted octanol–water partition coefficient (Wildman–Crippen LogP) is 2.02. The highest BCUT2D eigenvalue weighted by Gasteiger charge is 2.29. The second-order valence-corrected chi connectivity index (χ2v) is 4.28. The molecule has 3 heteroatoms. The van der Waals surface area contributed by atoms with E-state index in [0.29, 0.717) is 5.92 Å². The Kier molecular flexibility index (Phi) is 2.42. The molecule has 0 radical (unpaired) electrons. The molecule has 2 fully saturated rings. The Morgan fingerprint density at radius 2 is 2.15 bits per heavy atom. The van der Waals surface area contributed by atoms with Gasteiger partial charge >= 0.3 is 6.09 Å². The molecule has 1 saturated heterocycles. The van der Waals surface area contributed by atoms with Crippen LogP contribution in [0.1, 0.15) is 32.6 Å². The second-order valence-electron chi connectivity index (χ2n) is 4.28. The van der Waals surface area contributed by atoms with E-state index < -0.39 is 0 Å². The molecule has 13 heavy (non-hydrogen) atoms. The highest BCUT2D eigenvalue weighted by molar-refractivity contribution is 5.68. The molecular weight excluding hydrogens is 166 g/mol. The fraction of sp³-hybridized carbons (Fsp3) is 0.900. The van der Waals surface area contributed by atoms with Gasteiger partial charge < -0.3 is 9.64 Å². The van der Waals surface area contributed by atoms with Gasteiger partial charge in [-0.25, -0.2) is 4.79 Å². The molecule has 1 saturated carbocycles. The van der Waals surface area contributed by atoms with Crippen molar-refractivity contribution >= 4 is 6.09 Å². The number of nitrogens with zero attached hydrogens (tertiary/aromatic N) is 1. The van der Waals surface area contributed by atoms with Gasteiger partial charge in [0.05, 0.1) is 0 Å². The van der Waals surface area contributed by atoms with Crippen molar-refractivity contribution in [3.8, 4) is 0 Å². The number of hydrogen-bond donors (Lipinski definition) is 0. The Balaban J connectivity index is 1.80. The summed E-state index contributed by atoms with van der Waals surface area (Å²) >= 11 is 0. The lowest BCUT2D eigenvalue weighted by molar-refractivity contribution is 0.0808. The van der Waals surface area contributed by atoms with E-state index in [0.717, 1.165) is 32.4 Å². The minimum absolute atomic E-state index is 0.0888. The molecule has 74 valence electrons. The number of hydrogen-bond acceptors (Lipinski definition) is 2. The van der Waals surface area contributed by atoms with Crippen LogP contribution in [0.5, 0.6) is 0 Å². The van der Waals surface area contributed by atoms with Gasteiger partial charge in [0.25, 0.3) is 0 Å². The van der Waals surface area contributed by atoms with Gasteiger partial charge in [-0.1, -0.05) is 6.92 Å². The fourth-order valence-corrected chi connectivity index (χ4v) is 1.76. The van der Waals surface area contributed by atoms with Crippen molar-refractivity contribution in [1.82, 2.24) is 4.90 Å². The van der Waals surface area contributed by atoms with Crippen LogP contribution in [0.2, 0.25) is 0 Å². The average molecular weight is 183 g/mol. The predicted molar refractivity (Wildman–Crippen MR) is 49.5 cm³/mol. The molecule has 0 aromatic heterocycles. The van der Waals surface area contributed by atoms with Crippen LogP contribution in [0.15, 0.2) is 0 Å². The first-order chi connectivity index (χ1) is 6.25. The van der Waals surface area contributed by atoms with Crippen molar-refractivity contribution in [1.29, 1.82) is 0 Å². The van der Waals surface area contributed by atoms with Crippen LogP contribution in [0.3, 0.4) is 0 Å². The van der Waals surface area contributed by atoms with Gasteiger partial charge in [-0.05, 0) is 31.6 Å². The van der Waals surface area contributed by atoms with Crippen LogP contribution >= 0.6 is 0 Å². The standard InChI is InChI=1S/C10H17NO2/c1-8-3-2-6-11(7-8)10(12)13-9-4-5-9/h8-9H,2-7H2,1H3. The van der Waals surface area contributed by atoms with E-state index in [1.807, 2.05) is 4.90 Å². The van der Waals surface area contributed by atoms with Crippen molar-refractivity contribution < 1.29 is 9.53 Å². The maximum atomic E-state index is 11.5. The molecule has 2 rings (SSSR count). The van der Waals surface area contributed by atoms with E-state index >= 15 is 0 Å². The summed E-state index contributed by atoms with van der Waals surface area (Å²) in [5.41, 5.74) is 0. The zero-order chi connectivity index (χ0) is 9.26. The fourth-order valence-electron chi connectivity index (χ4n) is 1.76. The van der Waals surface area contributed by atoms with E-state index in [1.165, 1.54) is 6.42 Å². The molecule has 1 unspecified atom stereocenters. The Bertz CT molecular complexity index is 201. The minimum Gasteiger partial charge on any atom is -0.446 e. The van der Waals surface area contributed by atoms with Gasteiger partial charge in [0, 0.05) is 13.1 Å². The van der Waals surface area contributed by atoms with Crippen LogP contribution in [0.4, 0.5) is 4.79 Å². The van der Waals surface area contributed by atoms with E-state index in [2.05, 4.69) is 6.92 Å². The number of carbonyl (C=O) groups is 1. The van der Waals surface area contributed by atoms with Gasteiger partial charge in [-0.3, -0.25) is 0 Å². The van der Waals surface area contributed by atoms with E-state index in [1.54, 1.807) is 0 Å². The summed E-state index contributed by atoms with van der Waals surface area (Å²) in [6.07, 6.45) is 4.65. The Morgan fingerprint density at radius 1 is 1.38 bits per heavy atom. The molecule has 1 aliphatic carbocycles. The maximum Gasteiger partial charge on any atom is 0.410 e. The van der Waals surface area contributed by atoms with Crippen molar-refractivity contribution in [2.45, 2.75) is 38.7 Å². The van der Waals surface area contributed by atoms with Crippen molar-refractivity contribution in [3.63, 3.8) is 0 Å². The Hall–Kier alpha value is -0.730. The number of piperidine rings is 1. The van der Waals surface area contributed by atoms with Gasteiger partial charge in [0.1, 0.15) is 6.10 Å². The highest BCUT2D eigenvalue weighted by atomic mass is 16.6. The largest absolute Gasteiger partial charge is 0.446 e. The lowest BCUT2D eigenvalue weighted by Crippen LogP contribution is -2.39. The number of ether oxygens (including phenoxy) is 1. The third-order valence-corrected chi connectivity index (χ3v) is 2.71. The molecule has 0 aromatic rings. The van der Waals surface area contributed by atoms with E-state index in [4.69, 9.17) is 4.74 Å². The van der Waals surface area contributed by atoms with E-state index in [9.17, 15) is 4.79 Å². The molecule has 1 atom stereocenters. The summed E-state index contributed by atoms with van der Waals surface area (Å²) in [5.74, 6) is 0.639. The number of rotatable bonds is 1. The number of amides is 1. The first-order valence-corrected chi connectivity index (χ1v) is 5.21. The van der Waals surface area contributed by atoms with Gasteiger partial charge in [0.2, 0.25) is 0 Å². The van der Waals surface area contributed by atoms with Gasteiger partial charge in [0.15, 0.2) is 0 Å². The van der Waals surface area contributed by atoms with Crippen LogP contribution in [0, 0.1) is 5.92 Å². The molecule has 1 amide bonds. The molecule has 0 spiro atoms. The number of carbonyl (C=O) groups excluding carboxylic acids is 1. The normalized spacial score (nSPS) is 28.7. The molecule has 2 aliphatic rings. The van der Waals surface area contributed by atoms with Gasteiger partial charge in [-0.2, -0.15) is 0 Å². The zero-order valence-electron chi connectivity index (χ0n) is 8.16. The lowest BCUT2D eigenvalue weighted by Gasteiger charge is -2.30. The third-order valence-electron chi connectivity index (χ3n) is 2.71. The Labute approximate surface area is 79.0 Å². The summed E-state index contributed by atoms with van der Waals surface area (Å²) in [6, 6.07) is 0. The quantitative estimate of drug-likeness (QED) is 0.622. The second kappa shape index (κ2) is 3.56. The zero-order valence-corrected chi connectivity index (χ0v) is 8.16. The molecule has 1 heterocycles. The van der Waals surface area contributed by atoms with Crippen LogP contribution in [-0.4, -0.2) is 30.2 Å². The lowest BCUT2D eigenvalue weighted by atomic mass is 10.0. The molecule has 0 aromatic carbocycles. The molecule has 3 nitrogen and oxygen atoms in total. The first-order valence-electron chi connectivity index (χ1n) is 5.21. The van der Waals surface area contributed by atoms with Crippen LogP contribution in [0.25, 0.3) is 0 Å². The van der Waals surface area contributed by atoms with Crippen molar-refractivity contribution in [3.05, 3.63) is 0 Å². The van der Waals surface area contributed by atoms with Crippen LogP contribution in [-0.2, 0) is 4.74 Å². The van der Waals surface area contributed by atoms with Gasteiger partial charge in [-0.15, -0.1) is 0 Å². The monoisotopic (exact) mass is 183 g/mol. The summed E-state index contributed by atoms with van der Waals surface area (Å²) in [5, 5.41) is 0. The summed E-state index contributed by atoms with van der Waals surface area (Å²) in [7, 11) is 0. The van der Waals surface area contributed by atoms with Crippen molar-refractivity contribution in [2.24, 2.45) is 5.92 Å². The summed E-state index contributed by atoms with van der Waals surface area (Å²) in [4.78, 5) is 13.4. The van der Waals surface area contributed by atoms with Crippen molar-refractivity contribution in [2.75, 3.05) is 13.1 Å². The summed E-state index contributed by atoms with van der Waals surface area (Å²) in [6.45, 7) is 3.96. The summed E-state index contributed by atoms with van der Waals surface area (Å²) < 4.78 is 5.24. The molecule has 0 N–H and O–H groups in total. The average Bonchev–Trinajstić information content (AvgIpc) is 2.88. The first kappa shape index (κ1) is 8.85. The molecule has 0 bridgehead atoms. The SMILES string of the molecule is CC1CCCN(C(=O)OC2CC2)C1. The Morgan fingerprint density at radius 3 is 2.77 bits per heavy atom. The molecule has 1 aliphatic heterocycles. The third kappa shape index (κ3) is 2.36. The smallest absolute Gasteiger partial charge is 0.410 e. The maximum absolute atomic E-state index is 11.5.